The van der Waals surface area contributed by atoms with Crippen LogP contribution in [0.1, 0.15) is 5.89 Å². The molecule has 29 heavy (non-hydrogen) atoms. The van der Waals surface area contributed by atoms with E-state index in [9.17, 15) is 8.42 Å². The molecule has 9 nitrogen and oxygen atoms in total. The predicted octanol–water partition coefficient (Wildman–Crippen LogP) is 2.01. The Kier molecular flexibility index (Phi) is 5.20. The first-order valence-electron chi connectivity index (χ1n) is 8.96. The van der Waals surface area contributed by atoms with Gasteiger partial charge in [-0.15, -0.1) is 0 Å². The normalized spacial score (nSPS) is 15.1. The monoisotopic (exact) mass is 416 g/mol. The molecule has 0 atom stereocenters. The maximum Gasteiger partial charge on any atom is 0.246 e. The van der Waals surface area contributed by atoms with Crippen molar-refractivity contribution in [2.75, 3.05) is 27.3 Å². The number of aromatic nitrogens is 3. The van der Waals surface area contributed by atoms with Gasteiger partial charge in [-0.25, -0.2) is 8.42 Å². The van der Waals surface area contributed by atoms with E-state index in [0.29, 0.717) is 37.0 Å². The van der Waals surface area contributed by atoms with Gasteiger partial charge in [-0.3, -0.25) is 4.98 Å². The Morgan fingerprint density at radius 1 is 1.21 bits per heavy atom. The second kappa shape index (κ2) is 7.80. The first-order chi connectivity index (χ1) is 14.0. The van der Waals surface area contributed by atoms with Crippen LogP contribution in [0.3, 0.4) is 0 Å². The summed E-state index contributed by atoms with van der Waals surface area (Å²) in [4.78, 5) is 8.50. The average molecular weight is 416 g/mol. The number of benzene rings is 1. The smallest absolute Gasteiger partial charge is 0.246 e. The lowest BCUT2D eigenvalue weighted by molar-refractivity contribution is 0.185. The molecule has 3 heterocycles. The van der Waals surface area contributed by atoms with Gasteiger partial charge >= 0.3 is 0 Å². The van der Waals surface area contributed by atoms with E-state index in [2.05, 4.69) is 15.1 Å². The van der Waals surface area contributed by atoms with Gasteiger partial charge in [0.2, 0.25) is 21.7 Å². The summed E-state index contributed by atoms with van der Waals surface area (Å²) < 4.78 is 43.0. The van der Waals surface area contributed by atoms with Crippen molar-refractivity contribution >= 4 is 10.0 Å². The SMILES string of the molecule is COc1ccc(OC)c(S(=O)(=O)N2CC(Cc3nc(-c4cccnc4)no3)C2)c1. The molecule has 0 saturated carbocycles. The lowest BCUT2D eigenvalue weighted by Gasteiger charge is -2.37. The third-order valence-electron chi connectivity index (χ3n) is 4.76. The number of hydrogen-bond acceptors (Lipinski definition) is 8. The van der Waals surface area contributed by atoms with Crippen LogP contribution in [-0.2, 0) is 16.4 Å². The van der Waals surface area contributed by atoms with Crippen LogP contribution in [0.15, 0.2) is 52.1 Å². The van der Waals surface area contributed by atoms with Crippen molar-refractivity contribution in [1.82, 2.24) is 19.4 Å². The molecule has 152 valence electrons. The maximum absolute atomic E-state index is 13.0. The topological polar surface area (TPSA) is 108 Å². The Labute approximate surface area is 168 Å². The lowest BCUT2D eigenvalue weighted by atomic mass is 9.99. The molecule has 0 amide bonds. The van der Waals surface area contributed by atoms with Crippen molar-refractivity contribution in [3.05, 3.63) is 48.6 Å². The molecule has 1 aromatic carbocycles. The zero-order valence-corrected chi connectivity index (χ0v) is 16.8. The van der Waals surface area contributed by atoms with E-state index in [-0.39, 0.29) is 16.6 Å². The summed E-state index contributed by atoms with van der Waals surface area (Å²) in [5, 5.41) is 3.97. The summed E-state index contributed by atoms with van der Waals surface area (Å²) in [5.74, 6) is 1.79. The number of methoxy groups -OCH3 is 2. The summed E-state index contributed by atoms with van der Waals surface area (Å²) in [6, 6.07) is 8.36. The van der Waals surface area contributed by atoms with Gasteiger partial charge in [0, 0.05) is 43.5 Å². The van der Waals surface area contributed by atoms with Crippen LogP contribution in [-0.4, -0.2) is 55.2 Å². The lowest BCUT2D eigenvalue weighted by Crippen LogP contribution is -2.50. The Morgan fingerprint density at radius 3 is 2.72 bits per heavy atom. The number of nitrogens with zero attached hydrogens (tertiary/aromatic N) is 4. The van der Waals surface area contributed by atoms with Gasteiger partial charge in [-0.1, -0.05) is 5.16 Å². The van der Waals surface area contributed by atoms with Gasteiger partial charge in [0.15, 0.2) is 0 Å². The van der Waals surface area contributed by atoms with E-state index in [0.717, 1.165) is 5.56 Å². The van der Waals surface area contributed by atoms with Gasteiger partial charge < -0.3 is 14.0 Å². The second-order valence-electron chi connectivity index (χ2n) is 6.66. The van der Waals surface area contributed by atoms with Crippen molar-refractivity contribution in [2.45, 2.75) is 11.3 Å². The van der Waals surface area contributed by atoms with E-state index in [1.165, 1.54) is 24.6 Å². The zero-order chi connectivity index (χ0) is 20.4. The first-order valence-corrected chi connectivity index (χ1v) is 10.4. The van der Waals surface area contributed by atoms with Crippen LogP contribution in [0.4, 0.5) is 0 Å². The summed E-state index contributed by atoms with van der Waals surface area (Å²) in [6.45, 7) is 0.737. The largest absolute Gasteiger partial charge is 0.497 e. The molecule has 4 rings (SSSR count). The Balaban J connectivity index is 1.43. The number of sulfonamides is 1. The molecular formula is C19H20N4O5S. The molecule has 1 fully saturated rings. The molecule has 3 aromatic rings. The van der Waals surface area contributed by atoms with E-state index in [1.54, 1.807) is 30.6 Å². The summed E-state index contributed by atoms with van der Waals surface area (Å²) in [6.07, 6.45) is 3.84. The molecule has 0 N–H and O–H groups in total. The fourth-order valence-electron chi connectivity index (χ4n) is 3.17. The van der Waals surface area contributed by atoms with Crippen LogP contribution in [0.25, 0.3) is 11.4 Å². The van der Waals surface area contributed by atoms with Crippen LogP contribution < -0.4 is 9.47 Å². The van der Waals surface area contributed by atoms with Crippen molar-refractivity contribution in [2.24, 2.45) is 5.92 Å². The molecular weight excluding hydrogens is 396 g/mol. The summed E-state index contributed by atoms with van der Waals surface area (Å²) in [7, 11) is -0.759. The van der Waals surface area contributed by atoms with Gasteiger partial charge in [0.25, 0.3) is 0 Å². The minimum absolute atomic E-state index is 0.0921. The molecule has 0 radical (unpaired) electrons. The van der Waals surface area contributed by atoms with Crippen molar-refractivity contribution < 1.29 is 22.4 Å². The van der Waals surface area contributed by atoms with Gasteiger partial charge in [-0.05, 0) is 30.2 Å². The molecule has 1 saturated heterocycles. The highest BCUT2D eigenvalue weighted by atomic mass is 32.2. The van der Waals surface area contributed by atoms with Crippen LogP contribution >= 0.6 is 0 Å². The Morgan fingerprint density at radius 2 is 2.03 bits per heavy atom. The summed E-state index contributed by atoms with van der Waals surface area (Å²) in [5.41, 5.74) is 0.769. The minimum Gasteiger partial charge on any atom is -0.497 e. The van der Waals surface area contributed by atoms with Crippen molar-refractivity contribution in [3.63, 3.8) is 0 Å². The van der Waals surface area contributed by atoms with Crippen LogP contribution in [0.2, 0.25) is 0 Å². The van der Waals surface area contributed by atoms with Gasteiger partial charge in [-0.2, -0.15) is 9.29 Å². The third-order valence-corrected chi connectivity index (χ3v) is 6.62. The van der Waals surface area contributed by atoms with E-state index in [4.69, 9.17) is 14.0 Å². The highest BCUT2D eigenvalue weighted by Gasteiger charge is 2.39. The van der Waals surface area contributed by atoms with Crippen LogP contribution in [0.5, 0.6) is 11.5 Å². The third kappa shape index (κ3) is 3.81. The van der Waals surface area contributed by atoms with E-state index < -0.39 is 10.0 Å². The molecule has 0 bridgehead atoms. The second-order valence-corrected chi connectivity index (χ2v) is 8.57. The fourth-order valence-corrected chi connectivity index (χ4v) is 4.93. The maximum atomic E-state index is 13.0. The quantitative estimate of drug-likeness (QED) is 0.576. The Bertz CT molecular complexity index is 1090. The first kappa shape index (κ1) is 19.3. The molecule has 0 spiro atoms. The highest BCUT2D eigenvalue weighted by Crippen LogP contribution is 2.34. The molecule has 1 aliphatic heterocycles. The van der Waals surface area contributed by atoms with E-state index in [1.807, 2.05) is 6.07 Å². The van der Waals surface area contributed by atoms with E-state index >= 15 is 0 Å². The standard InChI is InChI=1S/C19H20N4O5S/c1-26-15-5-6-16(27-2)17(9-15)29(24,25)23-11-13(12-23)8-18-21-19(22-28-18)14-4-3-7-20-10-14/h3-7,9-10,13H,8,11-12H2,1-2H3. The molecule has 0 aliphatic carbocycles. The molecule has 10 heteroatoms. The van der Waals surface area contributed by atoms with Gasteiger partial charge in [0.1, 0.15) is 16.4 Å². The van der Waals surface area contributed by atoms with Crippen molar-refractivity contribution in [3.8, 4) is 22.9 Å². The molecule has 0 unspecified atom stereocenters. The molecule has 2 aromatic heterocycles. The zero-order valence-electron chi connectivity index (χ0n) is 16.0. The fraction of sp³-hybridized carbons (Fsp3) is 0.316. The number of hydrogen-bond donors (Lipinski definition) is 0. The number of ether oxygens (including phenoxy) is 2. The number of rotatable bonds is 7. The Hall–Kier alpha value is -2.98. The highest BCUT2D eigenvalue weighted by molar-refractivity contribution is 7.89. The summed E-state index contributed by atoms with van der Waals surface area (Å²) >= 11 is 0. The van der Waals surface area contributed by atoms with Crippen LogP contribution in [0, 0.1) is 5.92 Å². The number of pyridine rings is 1. The van der Waals surface area contributed by atoms with Gasteiger partial charge in [0.05, 0.1) is 14.2 Å². The van der Waals surface area contributed by atoms with Crippen molar-refractivity contribution in [1.29, 1.82) is 0 Å². The predicted molar refractivity (Wildman–Crippen MR) is 103 cm³/mol. The minimum atomic E-state index is -3.69. The molecule has 1 aliphatic rings. The average Bonchev–Trinajstić information content (AvgIpc) is 3.19.